The average molecular weight is 401 g/mol. The SMILES string of the molecule is COc1c(Br)cc(Cl)cc1S(=O)(=O)NCC(C)(C)CCO. The molecule has 0 aliphatic rings. The number of sulfonamides is 1. The van der Waals surface area contributed by atoms with E-state index in [2.05, 4.69) is 20.7 Å². The summed E-state index contributed by atoms with van der Waals surface area (Å²) >= 11 is 9.15. The Balaban J connectivity index is 3.09. The van der Waals surface area contributed by atoms with E-state index in [1.807, 2.05) is 13.8 Å². The van der Waals surface area contributed by atoms with Gasteiger partial charge in [-0.2, -0.15) is 0 Å². The summed E-state index contributed by atoms with van der Waals surface area (Å²) in [5, 5.41) is 9.27. The van der Waals surface area contributed by atoms with Gasteiger partial charge in [0.1, 0.15) is 4.90 Å². The first kappa shape index (κ1) is 18.7. The third kappa shape index (κ3) is 5.10. The number of methoxy groups -OCH3 is 1. The van der Waals surface area contributed by atoms with Crippen molar-refractivity contribution in [2.45, 2.75) is 25.2 Å². The second-order valence-electron chi connectivity index (χ2n) is 5.38. The maximum Gasteiger partial charge on any atom is 0.244 e. The van der Waals surface area contributed by atoms with Crippen LogP contribution < -0.4 is 9.46 Å². The molecule has 120 valence electrons. The van der Waals surface area contributed by atoms with Gasteiger partial charge in [0.2, 0.25) is 10.0 Å². The van der Waals surface area contributed by atoms with Crippen molar-refractivity contribution >= 4 is 37.6 Å². The molecule has 0 unspecified atom stereocenters. The molecule has 5 nitrogen and oxygen atoms in total. The largest absolute Gasteiger partial charge is 0.494 e. The molecule has 1 aromatic carbocycles. The number of aliphatic hydroxyl groups is 1. The second kappa shape index (κ2) is 7.28. The number of rotatable bonds is 7. The Labute approximate surface area is 138 Å². The Hall–Kier alpha value is -0.340. The van der Waals surface area contributed by atoms with Crippen molar-refractivity contribution in [2.24, 2.45) is 5.41 Å². The minimum absolute atomic E-state index is 0.000756. The van der Waals surface area contributed by atoms with Crippen molar-refractivity contribution in [1.29, 1.82) is 0 Å². The third-order valence-corrected chi connectivity index (χ3v) is 5.21. The Bertz CT molecular complexity index is 604. The standard InChI is InChI=1S/C13H19BrClNO4S/c1-13(2,4-5-17)8-16-21(18,19)11-7-9(15)6-10(14)12(11)20-3/h6-7,16-17H,4-5,8H2,1-3H3. The van der Waals surface area contributed by atoms with Gasteiger partial charge in [0.25, 0.3) is 0 Å². The van der Waals surface area contributed by atoms with E-state index in [0.717, 1.165) is 0 Å². The van der Waals surface area contributed by atoms with E-state index >= 15 is 0 Å². The van der Waals surface area contributed by atoms with E-state index in [9.17, 15) is 8.42 Å². The lowest BCUT2D eigenvalue weighted by Gasteiger charge is -2.24. The fourth-order valence-corrected chi connectivity index (χ4v) is 4.32. The molecular weight excluding hydrogens is 382 g/mol. The van der Waals surface area contributed by atoms with Crippen LogP contribution >= 0.6 is 27.5 Å². The Morgan fingerprint density at radius 2 is 2.05 bits per heavy atom. The zero-order valence-corrected chi connectivity index (χ0v) is 15.3. The molecule has 0 saturated carbocycles. The van der Waals surface area contributed by atoms with Crippen molar-refractivity contribution in [3.8, 4) is 5.75 Å². The van der Waals surface area contributed by atoms with Crippen LogP contribution in [-0.2, 0) is 10.0 Å². The van der Waals surface area contributed by atoms with Crippen molar-refractivity contribution in [3.63, 3.8) is 0 Å². The lowest BCUT2D eigenvalue weighted by atomic mass is 9.90. The summed E-state index contributed by atoms with van der Waals surface area (Å²) in [5.74, 6) is 0.201. The van der Waals surface area contributed by atoms with Crippen molar-refractivity contribution in [1.82, 2.24) is 4.72 Å². The summed E-state index contributed by atoms with van der Waals surface area (Å²) < 4.78 is 33.0. The van der Waals surface area contributed by atoms with Gasteiger partial charge in [-0.05, 0) is 39.9 Å². The highest BCUT2D eigenvalue weighted by Gasteiger charge is 2.26. The summed E-state index contributed by atoms with van der Waals surface area (Å²) in [6.07, 6.45) is 0.492. The number of nitrogens with one attached hydrogen (secondary N) is 1. The molecule has 0 fully saturated rings. The smallest absolute Gasteiger partial charge is 0.244 e. The molecule has 0 atom stereocenters. The Morgan fingerprint density at radius 3 is 2.57 bits per heavy atom. The van der Waals surface area contributed by atoms with Gasteiger partial charge in [-0.15, -0.1) is 0 Å². The van der Waals surface area contributed by atoms with Gasteiger partial charge in [0, 0.05) is 18.2 Å². The van der Waals surface area contributed by atoms with E-state index in [0.29, 0.717) is 10.9 Å². The highest BCUT2D eigenvalue weighted by atomic mass is 79.9. The van der Waals surface area contributed by atoms with Crippen molar-refractivity contribution in [3.05, 3.63) is 21.6 Å². The number of benzene rings is 1. The second-order valence-corrected chi connectivity index (χ2v) is 8.41. The van der Waals surface area contributed by atoms with Crippen LogP contribution in [0.5, 0.6) is 5.75 Å². The Morgan fingerprint density at radius 1 is 1.43 bits per heavy atom. The van der Waals surface area contributed by atoms with Gasteiger partial charge >= 0.3 is 0 Å². The summed E-state index contributed by atoms with van der Waals surface area (Å²) in [6, 6.07) is 2.90. The van der Waals surface area contributed by atoms with Crippen LogP contribution in [0.15, 0.2) is 21.5 Å². The quantitative estimate of drug-likeness (QED) is 0.738. The number of halogens is 2. The lowest BCUT2D eigenvalue weighted by molar-refractivity contribution is 0.213. The lowest BCUT2D eigenvalue weighted by Crippen LogP contribution is -2.34. The molecule has 0 heterocycles. The number of hydrogen-bond donors (Lipinski definition) is 2. The predicted molar refractivity (Wildman–Crippen MR) is 86.4 cm³/mol. The highest BCUT2D eigenvalue weighted by molar-refractivity contribution is 9.10. The van der Waals surface area contributed by atoms with E-state index in [4.69, 9.17) is 21.4 Å². The first-order valence-corrected chi connectivity index (χ1v) is 8.92. The zero-order valence-electron chi connectivity index (χ0n) is 12.1. The van der Waals surface area contributed by atoms with Crippen molar-refractivity contribution < 1.29 is 18.3 Å². The molecule has 0 spiro atoms. The van der Waals surface area contributed by atoms with Crippen LogP contribution in [0.1, 0.15) is 20.3 Å². The summed E-state index contributed by atoms with van der Waals surface area (Å²) in [5.41, 5.74) is -0.356. The van der Waals surface area contributed by atoms with Crippen molar-refractivity contribution in [2.75, 3.05) is 20.3 Å². The molecule has 0 bridgehead atoms. The molecule has 0 radical (unpaired) electrons. The van der Waals surface area contributed by atoms with Crippen LogP contribution in [0.4, 0.5) is 0 Å². The Kier molecular flexibility index (Phi) is 6.49. The number of aliphatic hydroxyl groups excluding tert-OH is 1. The first-order chi connectivity index (χ1) is 9.63. The normalized spacial score (nSPS) is 12.5. The van der Waals surface area contributed by atoms with Crippen LogP contribution in [-0.4, -0.2) is 33.8 Å². The van der Waals surface area contributed by atoms with Gasteiger partial charge < -0.3 is 9.84 Å². The van der Waals surface area contributed by atoms with Gasteiger partial charge in [-0.25, -0.2) is 13.1 Å². The average Bonchev–Trinajstić information content (AvgIpc) is 2.36. The molecule has 1 rings (SSSR count). The number of ether oxygens (including phenoxy) is 1. The molecular formula is C13H19BrClNO4S. The molecule has 1 aromatic rings. The van der Waals surface area contributed by atoms with Crippen LogP contribution in [0, 0.1) is 5.41 Å². The fraction of sp³-hybridized carbons (Fsp3) is 0.538. The topological polar surface area (TPSA) is 75.6 Å². The van der Waals surface area contributed by atoms with E-state index in [1.165, 1.54) is 13.2 Å². The molecule has 0 aliphatic carbocycles. The van der Waals surface area contributed by atoms with E-state index in [1.54, 1.807) is 6.07 Å². The van der Waals surface area contributed by atoms with Gasteiger partial charge in [-0.1, -0.05) is 25.4 Å². The third-order valence-electron chi connectivity index (χ3n) is 3.00. The minimum atomic E-state index is -3.77. The first-order valence-electron chi connectivity index (χ1n) is 6.26. The maximum atomic E-state index is 12.4. The van der Waals surface area contributed by atoms with Gasteiger partial charge in [-0.3, -0.25) is 0 Å². The maximum absolute atomic E-state index is 12.4. The molecule has 8 heteroatoms. The highest BCUT2D eigenvalue weighted by Crippen LogP contribution is 2.35. The number of hydrogen-bond acceptors (Lipinski definition) is 4. The predicted octanol–water partition coefficient (Wildman–Crippen LogP) is 2.80. The molecule has 0 aliphatic heterocycles. The monoisotopic (exact) mass is 399 g/mol. The molecule has 2 N–H and O–H groups in total. The summed E-state index contributed by atoms with van der Waals surface area (Å²) in [4.78, 5) is -0.0239. The van der Waals surface area contributed by atoms with Crippen LogP contribution in [0.25, 0.3) is 0 Å². The molecule has 0 amide bonds. The fourth-order valence-electron chi connectivity index (χ4n) is 1.69. The van der Waals surface area contributed by atoms with Gasteiger partial charge in [0.15, 0.2) is 5.75 Å². The van der Waals surface area contributed by atoms with Crippen LogP contribution in [0.2, 0.25) is 5.02 Å². The summed E-state index contributed by atoms with van der Waals surface area (Å²) in [6.45, 7) is 3.94. The van der Waals surface area contributed by atoms with Crippen LogP contribution in [0.3, 0.4) is 0 Å². The molecule has 0 saturated heterocycles. The van der Waals surface area contributed by atoms with E-state index in [-0.39, 0.29) is 34.2 Å². The molecule has 0 aromatic heterocycles. The zero-order chi connectivity index (χ0) is 16.3. The van der Waals surface area contributed by atoms with E-state index < -0.39 is 10.0 Å². The minimum Gasteiger partial charge on any atom is -0.494 e. The van der Waals surface area contributed by atoms with Gasteiger partial charge in [0.05, 0.1) is 11.6 Å². The summed E-state index contributed by atoms with van der Waals surface area (Å²) in [7, 11) is -2.38. The molecule has 21 heavy (non-hydrogen) atoms.